The molecule has 4 nitrogen and oxygen atoms in total. The molecular weight excluding hydrogens is 323 g/mol. The van der Waals surface area contributed by atoms with Gasteiger partial charge in [0, 0.05) is 12.1 Å². The fourth-order valence-electron chi connectivity index (χ4n) is 1.74. The molecule has 0 unspecified atom stereocenters. The van der Waals surface area contributed by atoms with Gasteiger partial charge in [0.05, 0.1) is 0 Å². The summed E-state index contributed by atoms with van der Waals surface area (Å²) < 4.78 is 42.2. The number of carbonyl (C=O) groups is 2. The van der Waals surface area contributed by atoms with E-state index in [0.29, 0.717) is 18.5 Å². The first-order chi connectivity index (χ1) is 11.0. The minimum absolute atomic E-state index is 0.326. The van der Waals surface area contributed by atoms with Crippen molar-refractivity contribution in [2.24, 2.45) is 0 Å². The number of alkyl halides is 3. The Hall–Kier alpha value is -2.31. The van der Waals surface area contributed by atoms with Crippen LogP contribution >= 0.6 is 0 Å². The highest BCUT2D eigenvalue weighted by molar-refractivity contribution is 6.00. The molecule has 1 amide bonds. The van der Waals surface area contributed by atoms with Gasteiger partial charge in [-0.25, -0.2) is 4.79 Å². The van der Waals surface area contributed by atoms with Crippen LogP contribution in [0.15, 0.2) is 30.3 Å². The Morgan fingerprint density at radius 3 is 2.46 bits per heavy atom. The zero-order valence-electron chi connectivity index (χ0n) is 13.7. The van der Waals surface area contributed by atoms with Crippen LogP contribution in [-0.2, 0) is 4.74 Å². The number of nitrogens with one attached hydrogen (secondary N) is 1. The van der Waals surface area contributed by atoms with Crippen molar-refractivity contribution in [2.75, 3.05) is 6.54 Å². The average Bonchev–Trinajstić information content (AvgIpc) is 2.43. The molecule has 0 radical (unpaired) electrons. The van der Waals surface area contributed by atoms with Crippen LogP contribution in [0.4, 0.5) is 18.0 Å². The molecule has 0 atom stereocenters. The van der Waals surface area contributed by atoms with Crippen LogP contribution in [0, 0.1) is 0 Å². The molecule has 1 aromatic carbocycles. The third-order valence-electron chi connectivity index (χ3n) is 2.70. The maximum Gasteiger partial charge on any atom is 0.454 e. The number of ether oxygens (including phenoxy) is 1. The standard InChI is InChI=1S/C17H20F3NO3/c1-16(2,3)24-15(23)21-10-5-4-7-12-8-6-9-13(11-12)14(22)17(18,19)20/h4,6-9,11H,5,10H2,1-3H3,(H,21,23). The number of benzene rings is 1. The van der Waals surface area contributed by atoms with Gasteiger partial charge in [0.2, 0.25) is 0 Å². The predicted octanol–water partition coefficient (Wildman–Crippen LogP) is 4.36. The third-order valence-corrected chi connectivity index (χ3v) is 2.70. The van der Waals surface area contributed by atoms with Crippen molar-refractivity contribution in [1.82, 2.24) is 5.32 Å². The number of hydrogen-bond acceptors (Lipinski definition) is 3. The van der Waals surface area contributed by atoms with E-state index < -0.39 is 29.2 Å². The van der Waals surface area contributed by atoms with Crippen LogP contribution < -0.4 is 5.32 Å². The molecule has 0 saturated heterocycles. The molecule has 24 heavy (non-hydrogen) atoms. The first kappa shape index (κ1) is 19.7. The lowest BCUT2D eigenvalue weighted by atomic mass is 10.1. The predicted molar refractivity (Wildman–Crippen MR) is 84.7 cm³/mol. The molecule has 1 rings (SSSR count). The van der Waals surface area contributed by atoms with Crippen LogP contribution in [0.1, 0.15) is 43.1 Å². The Labute approximate surface area is 138 Å². The highest BCUT2D eigenvalue weighted by Gasteiger charge is 2.39. The van der Waals surface area contributed by atoms with E-state index in [1.54, 1.807) is 39.0 Å². The monoisotopic (exact) mass is 343 g/mol. The molecular formula is C17H20F3NO3. The second-order valence-corrected chi connectivity index (χ2v) is 6.07. The number of Topliss-reactive ketones (excluding diaryl/α,β-unsaturated/α-hetero) is 1. The molecule has 0 spiro atoms. The van der Waals surface area contributed by atoms with E-state index in [1.165, 1.54) is 12.1 Å². The highest BCUT2D eigenvalue weighted by atomic mass is 19.4. The summed E-state index contributed by atoms with van der Waals surface area (Å²) in [5.41, 5.74) is -0.510. The third kappa shape index (κ3) is 7.30. The van der Waals surface area contributed by atoms with Gasteiger partial charge in [-0.2, -0.15) is 13.2 Å². The molecule has 0 fully saturated rings. The van der Waals surface area contributed by atoms with E-state index in [4.69, 9.17) is 4.74 Å². The topological polar surface area (TPSA) is 55.4 Å². The quantitative estimate of drug-likeness (QED) is 0.638. The molecule has 0 aromatic heterocycles. The number of halogens is 3. The molecule has 1 aromatic rings. The van der Waals surface area contributed by atoms with Gasteiger partial charge in [-0.1, -0.05) is 30.4 Å². The lowest BCUT2D eigenvalue weighted by Crippen LogP contribution is -2.32. The second kappa shape index (κ2) is 7.99. The average molecular weight is 343 g/mol. The van der Waals surface area contributed by atoms with Gasteiger partial charge in [0.25, 0.3) is 5.78 Å². The van der Waals surface area contributed by atoms with Crippen molar-refractivity contribution in [3.8, 4) is 0 Å². The molecule has 7 heteroatoms. The molecule has 0 aliphatic carbocycles. The minimum Gasteiger partial charge on any atom is -0.444 e. The zero-order chi connectivity index (χ0) is 18.4. The van der Waals surface area contributed by atoms with Crippen molar-refractivity contribution >= 4 is 18.0 Å². The molecule has 132 valence electrons. The zero-order valence-corrected chi connectivity index (χ0v) is 13.7. The minimum atomic E-state index is -4.89. The Morgan fingerprint density at radius 1 is 1.21 bits per heavy atom. The molecule has 0 bridgehead atoms. The van der Waals surface area contributed by atoms with Gasteiger partial charge in [0.1, 0.15) is 5.60 Å². The second-order valence-electron chi connectivity index (χ2n) is 6.07. The smallest absolute Gasteiger partial charge is 0.444 e. The Balaban J connectivity index is 2.51. The molecule has 0 aliphatic rings. The fourth-order valence-corrected chi connectivity index (χ4v) is 1.74. The summed E-state index contributed by atoms with van der Waals surface area (Å²) in [6.45, 7) is 5.58. The lowest BCUT2D eigenvalue weighted by Gasteiger charge is -2.19. The first-order valence-corrected chi connectivity index (χ1v) is 7.34. The first-order valence-electron chi connectivity index (χ1n) is 7.34. The van der Waals surface area contributed by atoms with Gasteiger partial charge in [0.15, 0.2) is 0 Å². The number of amides is 1. The molecule has 1 N–H and O–H groups in total. The summed E-state index contributed by atoms with van der Waals surface area (Å²) >= 11 is 0. The van der Waals surface area contributed by atoms with Crippen molar-refractivity contribution < 1.29 is 27.5 Å². The number of ketones is 1. The number of hydrogen-bond donors (Lipinski definition) is 1. The van der Waals surface area contributed by atoms with E-state index in [2.05, 4.69) is 5.32 Å². The molecule has 0 aliphatic heterocycles. The van der Waals surface area contributed by atoms with Crippen LogP contribution in [0.25, 0.3) is 6.08 Å². The van der Waals surface area contributed by atoms with Gasteiger partial charge in [-0.3, -0.25) is 4.79 Å². The summed E-state index contributed by atoms with van der Waals surface area (Å²) in [4.78, 5) is 22.6. The number of rotatable bonds is 5. The molecule has 0 saturated carbocycles. The summed E-state index contributed by atoms with van der Waals surface area (Å²) in [5, 5.41) is 2.56. The van der Waals surface area contributed by atoms with Crippen molar-refractivity contribution in [2.45, 2.75) is 39.0 Å². The van der Waals surface area contributed by atoms with Gasteiger partial charge >= 0.3 is 12.3 Å². The summed E-state index contributed by atoms with van der Waals surface area (Å²) in [6, 6.07) is 5.27. The van der Waals surface area contributed by atoms with Crippen LogP contribution in [0.5, 0.6) is 0 Å². The van der Waals surface area contributed by atoms with Crippen LogP contribution in [-0.4, -0.2) is 30.2 Å². The van der Waals surface area contributed by atoms with Gasteiger partial charge in [-0.15, -0.1) is 0 Å². The molecule has 0 heterocycles. The largest absolute Gasteiger partial charge is 0.454 e. The normalized spacial score (nSPS) is 12.2. The van der Waals surface area contributed by atoms with Gasteiger partial charge < -0.3 is 10.1 Å². The van der Waals surface area contributed by atoms with Crippen LogP contribution in [0.3, 0.4) is 0 Å². The van der Waals surface area contributed by atoms with Crippen LogP contribution in [0.2, 0.25) is 0 Å². The highest BCUT2D eigenvalue weighted by Crippen LogP contribution is 2.22. The van der Waals surface area contributed by atoms with Crippen molar-refractivity contribution in [3.63, 3.8) is 0 Å². The maximum absolute atomic E-state index is 12.4. The summed E-state index contributed by atoms with van der Waals surface area (Å²) in [6.07, 6.45) is -1.68. The van der Waals surface area contributed by atoms with E-state index in [0.717, 1.165) is 6.07 Å². The summed E-state index contributed by atoms with van der Waals surface area (Å²) in [7, 11) is 0. The SMILES string of the molecule is CC(C)(C)OC(=O)NCCC=Cc1cccc(C(=O)C(F)(F)F)c1. The van der Waals surface area contributed by atoms with E-state index in [1.807, 2.05) is 0 Å². The van der Waals surface area contributed by atoms with E-state index in [-0.39, 0.29) is 0 Å². The maximum atomic E-state index is 12.4. The number of carbonyl (C=O) groups excluding carboxylic acids is 2. The number of alkyl carbamates (subject to hydrolysis) is 1. The fraction of sp³-hybridized carbons (Fsp3) is 0.412. The van der Waals surface area contributed by atoms with Gasteiger partial charge in [-0.05, 0) is 38.8 Å². The Morgan fingerprint density at radius 2 is 1.88 bits per heavy atom. The Bertz CT molecular complexity index is 616. The lowest BCUT2D eigenvalue weighted by molar-refractivity contribution is -0.0885. The van der Waals surface area contributed by atoms with Crippen molar-refractivity contribution in [1.29, 1.82) is 0 Å². The van der Waals surface area contributed by atoms with E-state index in [9.17, 15) is 22.8 Å². The van der Waals surface area contributed by atoms with Crippen molar-refractivity contribution in [3.05, 3.63) is 41.5 Å². The Kier molecular flexibility index (Phi) is 6.57. The van der Waals surface area contributed by atoms with E-state index >= 15 is 0 Å². The summed E-state index contributed by atoms with van der Waals surface area (Å²) in [5.74, 6) is -1.87.